The van der Waals surface area contributed by atoms with Gasteiger partial charge < -0.3 is 9.30 Å². The lowest BCUT2D eigenvalue weighted by Crippen LogP contribution is -2.04. The third kappa shape index (κ3) is 3.95. The van der Waals surface area contributed by atoms with Crippen LogP contribution in [0.2, 0.25) is 5.02 Å². The lowest BCUT2D eigenvalue weighted by Gasteiger charge is -2.07. The van der Waals surface area contributed by atoms with E-state index in [9.17, 15) is 4.79 Å². The number of carbonyl (C=O) groups is 1. The average molecular weight is 458 g/mol. The van der Waals surface area contributed by atoms with Gasteiger partial charge in [0.2, 0.25) is 0 Å². The molecule has 31 heavy (non-hydrogen) atoms. The molecule has 0 N–H and O–H groups in total. The van der Waals surface area contributed by atoms with E-state index in [1.165, 1.54) is 11.8 Å². The predicted molar refractivity (Wildman–Crippen MR) is 121 cm³/mol. The predicted octanol–water partition coefficient (Wildman–Crippen LogP) is 6.28. The van der Waals surface area contributed by atoms with Crippen LogP contribution in [0.1, 0.15) is 29.9 Å². The van der Waals surface area contributed by atoms with E-state index >= 15 is 4.39 Å². The molecule has 0 unspecified atom stereocenters. The van der Waals surface area contributed by atoms with E-state index in [2.05, 4.69) is 5.10 Å². The van der Waals surface area contributed by atoms with Crippen LogP contribution in [0, 0.1) is 12.7 Å². The number of nitrogens with zero attached hydrogens (tertiary/aromatic N) is 3. The first kappa shape index (κ1) is 21.5. The quantitative estimate of drug-likeness (QED) is 0.320. The van der Waals surface area contributed by atoms with E-state index in [0.29, 0.717) is 24.2 Å². The summed E-state index contributed by atoms with van der Waals surface area (Å²) in [5.41, 5.74) is 2.51. The molecule has 0 radical (unpaired) electrons. The van der Waals surface area contributed by atoms with Crippen molar-refractivity contribution >= 4 is 40.2 Å². The summed E-state index contributed by atoms with van der Waals surface area (Å²) in [6.07, 6.45) is 3.59. The third-order valence-electron chi connectivity index (χ3n) is 4.97. The summed E-state index contributed by atoms with van der Waals surface area (Å²) >= 11 is 7.59. The molecule has 0 spiro atoms. The number of halogens is 2. The number of aryl methyl sites for hydroxylation is 1. The van der Waals surface area contributed by atoms with Gasteiger partial charge in [0.25, 0.3) is 0 Å². The van der Waals surface area contributed by atoms with Gasteiger partial charge >= 0.3 is 5.97 Å². The van der Waals surface area contributed by atoms with E-state index in [1.807, 2.05) is 42.8 Å². The van der Waals surface area contributed by atoms with Gasteiger partial charge in [0.05, 0.1) is 34.6 Å². The third-order valence-corrected chi connectivity index (χ3v) is 6.47. The van der Waals surface area contributed by atoms with Gasteiger partial charge in [-0.15, -0.1) is 0 Å². The van der Waals surface area contributed by atoms with Gasteiger partial charge in [-0.25, -0.2) is 9.18 Å². The smallest absolute Gasteiger partial charge is 0.338 e. The summed E-state index contributed by atoms with van der Waals surface area (Å²) in [5.74, 6) is -0.840. The molecule has 0 bridgehead atoms. The Bertz CT molecular complexity index is 1280. The number of hydrogen-bond acceptors (Lipinski definition) is 4. The first-order valence-corrected chi connectivity index (χ1v) is 11.1. The molecular weight excluding hydrogens is 437 g/mol. The Morgan fingerprint density at radius 1 is 1.26 bits per heavy atom. The normalized spacial score (nSPS) is 11.3. The van der Waals surface area contributed by atoms with Crippen LogP contribution in [0.5, 0.6) is 0 Å². The number of aromatic nitrogens is 3. The second kappa shape index (κ2) is 8.77. The SMILES string of the molecule is CCOC(=O)c1cccc(Sc2c(C)n(-c3cnn(CC)c3)c3c(F)c(Cl)ccc23)c1. The Balaban J connectivity index is 1.86. The molecule has 2 aromatic heterocycles. The van der Waals surface area contributed by atoms with Crippen molar-refractivity contribution in [2.75, 3.05) is 6.61 Å². The van der Waals surface area contributed by atoms with Gasteiger partial charge in [-0.2, -0.15) is 5.10 Å². The molecule has 0 amide bonds. The van der Waals surface area contributed by atoms with Crippen molar-refractivity contribution < 1.29 is 13.9 Å². The highest BCUT2D eigenvalue weighted by atomic mass is 35.5. The number of carbonyl (C=O) groups excluding carboxylic acids is 1. The summed E-state index contributed by atoms with van der Waals surface area (Å²) < 4.78 is 23.9. The zero-order valence-corrected chi connectivity index (χ0v) is 18.9. The van der Waals surface area contributed by atoms with Crippen LogP contribution in [0.3, 0.4) is 0 Å². The standard InChI is InChI=1S/C23H21ClFN3O2S/c1-4-27-13-16(12-26-27)28-14(3)22(18-9-10-19(24)20(25)21(18)28)31-17-8-6-7-15(11-17)23(29)30-5-2/h6-13H,4-5H2,1-3H3. The molecule has 0 aliphatic heterocycles. The molecule has 4 aromatic rings. The summed E-state index contributed by atoms with van der Waals surface area (Å²) in [7, 11) is 0. The van der Waals surface area contributed by atoms with Crippen LogP contribution >= 0.6 is 23.4 Å². The van der Waals surface area contributed by atoms with Crippen LogP contribution in [0.25, 0.3) is 16.6 Å². The van der Waals surface area contributed by atoms with Crippen LogP contribution in [0.4, 0.5) is 4.39 Å². The zero-order chi connectivity index (χ0) is 22.1. The van der Waals surface area contributed by atoms with Gasteiger partial charge in [-0.05, 0) is 51.1 Å². The summed E-state index contributed by atoms with van der Waals surface area (Å²) in [6.45, 7) is 6.73. The second-order valence-electron chi connectivity index (χ2n) is 6.91. The fourth-order valence-corrected chi connectivity index (χ4v) is 4.75. The lowest BCUT2D eigenvalue weighted by molar-refractivity contribution is 0.0526. The van der Waals surface area contributed by atoms with Crippen molar-refractivity contribution in [3.63, 3.8) is 0 Å². The lowest BCUT2D eigenvalue weighted by atomic mass is 10.2. The molecule has 160 valence electrons. The van der Waals surface area contributed by atoms with E-state index < -0.39 is 5.82 Å². The Labute approximate surface area is 188 Å². The maximum Gasteiger partial charge on any atom is 0.338 e. The van der Waals surface area contributed by atoms with Crippen molar-refractivity contribution in [1.82, 2.24) is 14.3 Å². The van der Waals surface area contributed by atoms with Gasteiger partial charge in [0.15, 0.2) is 5.82 Å². The van der Waals surface area contributed by atoms with Gasteiger partial charge in [-0.3, -0.25) is 4.68 Å². The Kier molecular flexibility index (Phi) is 6.07. The maximum absolute atomic E-state index is 15.2. The van der Waals surface area contributed by atoms with Crippen molar-refractivity contribution in [1.29, 1.82) is 0 Å². The van der Waals surface area contributed by atoms with Gasteiger partial charge in [0.1, 0.15) is 0 Å². The molecule has 0 saturated heterocycles. The van der Waals surface area contributed by atoms with Crippen LogP contribution in [-0.2, 0) is 11.3 Å². The highest BCUT2D eigenvalue weighted by molar-refractivity contribution is 7.99. The number of benzene rings is 2. The van der Waals surface area contributed by atoms with Crippen LogP contribution < -0.4 is 0 Å². The van der Waals surface area contributed by atoms with Gasteiger partial charge in [0, 0.05) is 33.6 Å². The Morgan fingerprint density at radius 3 is 2.77 bits per heavy atom. The number of fused-ring (bicyclic) bond motifs is 1. The van der Waals surface area contributed by atoms with Crippen molar-refractivity contribution in [2.45, 2.75) is 37.1 Å². The van der Waals surface area contributed by atoms with Crippen molar-refractivity contribution in [3.05, 3.63) is 70.9 Å². The summed E-state index contributed by atoms with van der Waals surface area (Å²) in [6, 6.07) is 10.6. The molecule has 2 heterocycles. The summed E-state index contributed by atoms with van der Waals surface area (Å²) in [5, 5.41) is 5.15. The van der Waals surface area contributed by atoms with Crippen molar-refractivity contribution in [3.8, 4) is 5.69 Å². The Hall–Kier alpha value is -2.77. The molecule has 8 heteroatoms. The fourth-order valence-electron chi connectivity index (χ4n) is 3.52. The zero-order valence-electron chi connectivity index (χ0n) is 17.4. The molecule has 4 rings (SSSR count). The fraction of sp³-hybridized carbons (Fsp3) is 0.217. The largest absolute Gasteiger partial charge is 0.462 e. The molecule has 0 atom stereocenters. The monoisotopic (exact) mass is 457 g/mol. The number of rotatable bonds is 6. The highest BCUT2D eigenvalue weighted by Gasteiger charge is 2.22. The minimum absolute atomic E-state index is 0.0648. The second-order valence-corrected chi connectivity index (χ2v) is 8.40. The van der Waals surface area contributed by atoms with Crippen LogP contribution in [0.15, 0.2) is 58.6 Å². The highest BCUT2D eigenvalue weighted by Crippen LogP contribution is 2.41. The number of ether oxygens (including phenoxy) is 1. The molecule has 0 aliphatic rings. The van der Waals surface area contributed by atoms with Crippen LogP contribution in [-0.4, -0.2) is 26.9 Å². The van der Waals surface area contributed by atoms with E-state index in [0.717, 1.165) is 26.6 Å². The minimum Gasteiger partial charge on any atom is -0.462 e. The topological polar surface area (TPSA) is 49.1 Å². The number of hydrogen-bond donors (Lipinski definition) is 0. The molecule has 0 aliphatic carbocycles. The first-order valence-electron chi connectivity index (χ1n) is 9.91. The Morgan fingerprint density at radius 2 is 2.06 bits per heavy atom. The maximum atomic E-state index is 15.2. The average Bonchev–Trinajstić information content (AvgIpc) is 3.34. The molecule has 5 nitrogen and oxygen atoms in total. The molecular formula is C23H21ClFN3O2S. The van der Waals surface area contributed by atoms with Crippen molar-refractivity contribution in [2.24, 2.45) is 0 Å². The van der Waals surface area contributed by atoms with E-state index in [-0.39, 0.29) is 11.0 Å². The molecule has 0 fully saturated rings. The number of esters is 1. The molecule has 0 saturated carbocycles. The minimum atomic E-state index is -0.473. The van der Waals surface area contributed by atoms with E-state index in [4.69, 9.17) is 16.3 Å². The molecule has 2 aromatic carbocycles. The summed E-state index contributed by atoms with van der Waals surface area (Å²) in [4.78, 5) is 13.9. The van der Waals surface area contributed by atoms with Gasteiger partial charge in [-0.1, -0.05) is 29.4 Å². The van der Waals surface area contributed by atoms with E-state index in [1.54, 1.807) is 36.0 Å². The first-order chi connectivity index (χ1) is 14.9.